The molecule has 0 aromatic carbocycles. The van der Waals surface area contributed by atoms with E-state index in [0.29, 0.717) is 0 Å². The Morgan fingerprint density at radius 1 is 0.636 bits per heavy atom. The van der Waals surface area contributed by atoms with Crippen molar-refractivity contribution in [2.75, 3.05) is 0 Å². The van der Waals surface area contributed by atoms with E-state index in [9.17, 15) is 0 Å². The Hall–Kier alpha value is 0. The molecule has 0 N–H and O–H groups in total. The lowest BCUT2D eigenvalue weighted by Crippen LogP contribution is -1.47. The smallest absolute Gasteiger partial charge is 0.0533 e. The number of unbranched alkanes of at least 4 members (excludes halogenated alkanes) is 1. The van der Waals surface area contributed by atoms with Crippen LogP contribution in [0, 0.1) is 0 Å². The molecule has 0 heteroatoms. The van der Waals surface area contributed by atoms with Crippen molar-refractivity contribution in [3.8, 4) is 0 Å². The van der Waals surface area contributed by atoms with Crippen LogP contribution in [0.3, 0.4) is 0 Å². The molecular weight excluding hydrogens is 132 g/mol. The van der Waals surface area contributed by atoms with Crippen molar-refractivity contribution in [3.63, 3.8) is 0 Å². The molecule has 0 aliphatic heterocycles. The summed E-state index contributed by atoms with van der Waals surface area (Å²) in [5.41, 5.74) is 0. The predicted octanol–water partition coefficient (Wildman–Crippen LogP) is 5.03. The highest BCUT2D eigenvalue weighted by Gasteiger charge is 1.95. The predicted molar refractivity (Wildman–Crippen MR) is 57.1 cm³/mol. The largest absolute Gasteiger partial charge is 0.0683 e. The molecule has 0 bridgehead atoms. The lowest BCUT2D eigenvalue weighted by molar-refractivity contribution is 0.886. The van der Waals surface area contributed by atoms with Gasteiger partial charge in [0.2, 0.25) is 0 Å². The zero-order valence-corrected chi connectivity index (χ0v) is 9.54. The van der Waals surface area contributed by atoms with Gasteiger partial charge in [0, 0.05) is 0 Å². The molecule has 1 fully saturated rings. The number of hydrogen-bond donors (Lipinski definition) is 0. The van der Waals surface area contributed by atoms with E-state index in [1.165, 1.54) is 32.1 Å². The van der Waals surface area contributed by atoms with E-state index in [2.05, 4.69) is 13.8 Å². The van der Waals surface area contributed by atoms with Gasteiger partial charge in [-0.3, -0.25) is 0 Å². The summed E-state index contributed by atoms with van der Waals surface area (Å²) in [4.78, 5) is 0. The minimum absolute atomic E-state index is 1.32. The summed E-state index contributed by atoms with van der Waals surface area (Å²) in [6.45, 7) is 12.4. The second-order valence-corrected chi connectivity index (χ2v) is 2.06. The molecule has 0 aromatic rings. The molecular formula is C11H28. The second-order valence-electron chi connectivity index (χ2n) is 2.06. The molecule has 0 spiro atoms. The average molecular weight is 160 g/mol. The van der Waals surface area contributed by atoms with E-state index < -0.39 is 0 Å². The summed E-state index contributed by atoms with van der Waals surface area (Å²) >= 11 is 0. The van der Waals surface area contributed by atoms with E-state index in [1.807, 2.05) is 27.7 Å². The zero-order chi connectivity index (χ0) is 9.54. The van der Waals surface area contributed by atoms with E-state index in [4.69, 9.17) is 0 Å². The van der Waals surface area contributed by atoms with Gasteiger partial charge in [-0.05, 0) is 0 Å². The SMILES string of the molecule is C1CC1.CC.CC.CCCC. The molecule has 0 radical (unpaired) electrons. The molecule has 1 saturated carbocycles. The minimum Gasteiger partial charge on any atom is -0.0683 e. The Labute approximate surface area is 74.4 Å². The molecule has 1 rings (SSSR count). The summed E-state index contributed by atoms with van der Waals surface area (Å²) < 4.78 is 0. The first-order chi connectivity index (χ1) is 5.41. The summed E-state index contributed by atoms with van der Waals surface area (Å²) in [7, 11) is 0. The van der Waals surface area contributed by atoms with Gasteiger partial charge in [-0.2, -0.15) is 0 Å². The average Bonchev–Trinajstić information content (AvgIpc) is 2.97. The minimum atomic E-state index is 1.32. The van der Waals surface area contributed by atoms with Gasteiger partial charge in [0.1, 0.15) is 0 Å². The Kier molecular flexibility index (Phi) is 50.6. The third-order valence-corrected chi connectivity index (χ3v) is 0.854. The Morgan fingerprint density at radius 2 is 0.818 bits per heavy atom. The van der Waals surface area contributed by atoms with Crippen LogP contribution < -0.4 is 0 Å². The monoisotopic (exact) mass is 160 g/mol. The normalized spacial score (nSPS) is 10.4. The molecule has 0 heterocycles. The second kappa shape index (κ2) is 32.4. The molecule has 0 saturated heterocycles. The van der Waals surface area contributed by atoms with Gasteiger partial charge in [0.25, 0.3) is 0 Å². The van der Waals surface area contributed by atoms with Crippen LogP contribution in [0.25, 0.3) is 0 Å². The molecule has 0 aromatic heterocycles. The Morgan fingerprint density at radius 3 is 0.818 bits per heavy atom. The van der Waals surface area contributed by atoms with Crippen molar-refractivity contribution in [1.29, 1.82) is 0 Å². The third kappa shape index (κ3) is 160. The van der Waals surface area contributed by atoms with Crippen LogP contribution in [-0.4, -0.2) is 0 Å². The molecule has 0 nitrogen and oxygen atoms in total. The van der Waals surface area contributed by atoms with E-state index in [-0.39, 0.29) is 0 Å². The van der Waals surface area contributed by atoms with Crippen LogP contribution in [-0.2, 0) is 0 Å². The van der Waals surface area contributed by atoms with Crippen molar-refractivity contribution in [2.45, 2.75) is 73.6 Å². The standard InChI is InChI=1S/C4H10.C3H6.2C2H6/c1-3-4-2;1-2-3-1;2*1-2/h3-4H2,1-2H3;1-3H2;2*1-2H3. The van der Waals surface area contributed by atoms with Crippen LogP contribution in [0.5, 0.6) is 0 Å². The van der Waals surface area contributed by atoms with Crippen molar-refractivity contribution < 1.29 is 0 Å². The highest BCUT2D eigenvalue weighted by molar-refractivity contribution is 4.50. The molecule has 1 aliphatic rings. The molecule has 0 unspecified atom stereocenters. The van der Waals surface area contributed by atoms with Crippen molar-refractivity contribution in [3.05, 3.63) is 0 Å². The maximum Gasteiger partial charge on any atom is -0.0533 e. The maximum atomic E-state index is 2.18. The molecule has 0 atom stereocenters. The molecule has 11 heavy (non-hydrogen) atoms. The van der Waals surface area contributed by atoms with Gasteiger partial charge >= 0.3 is 0 Å². The summed E-state index contributed by atoms with van der Waals surface area (Å²) in [5.74, 6) is 0. The van der Waals surface area contributed by atoms with Crippen LogP contribution in [0.15, 0.2) is 0 Å². The fourth-order valence-corrected chi connectivity index (χ4v) is 0. The number of rotatable bonds is 1. The Balaban J connectivity index is -0.0000000821. The van der Waals surface area contributed by atoms with Gasteiger partial charge in [0.05, 0.1) is 0 Å². The van der Waals surface area contributed by atoms with Crippen LogP contribution in [0.1, 0.15) is 73.6 Å². The summed E-state index contributed by atoms with van der Waals surface area (Å²) in [5, 5.41) is 0. The molecule has 0 amide bonds. The lowest BCUT2D eigenvalue weighted by Gasteiger charge is -1.68. The van der Waals surface area contributed by atoms with Gasteiger partial charge in [-0.1, -0.05) is 73.6 Å². The fraction of sp³-hybridized carbons (Fsp3) is 1.00. The highest BCUT2D eigenvalue weighted by atomic mass is 14.0. The van der Waals surface area contributed by atoms with E-state index in [0.717, 1.165) is 0 Å². The molecule has 1 aliphatic carbocycles. The first-order valence-corrected chi connectivity index (χ1v) is 5.41. The van der Waals surface area contributed by atoms with Gasteiger partial charge in [-0.25, -0.2) is 0 Å². The highest BCUT2D eigenvalue weighted by Crippen LogP contribution is 2.14. The fourth-order valence-electron chi connectivity index (χ4n) is 0. The van der Waals surface area contributed by atoms with Crippen molar-refractivity contribution >= 4 is 0 Å². The van der Waals surface area contributed by atoms with Crippen molar-refractivity contribution in [2.24, 2.45) is 0 Å². The quantitative estimate of drug-likeness (QED) is 0.504. The Bertz CT molecular complexity index is 16.5. The first kappa shape index (κ1) is 17.2. The summed E-state index contributed by atoms with van der Waals surface area (Å²) in [6, 6.07) is 0. The molecule has 72 valence electrons. The van der Waals surface area contributed by atoms with Gasteiger partial charge in [0.15, 0.2) is 0 Å². The van der Waals surface area contributed by atoms with E-state index >= 15 is 0 Å². The lowest BCUT2D eigenvalue weighted by atomic mass is 10.4. The summed E-state index contributed by atoms with van der Waals surface area (Å²) in [6.07, 6.45) is 7.14. The first-order valence-electron chi connectivity index (χ1n) is 5.41. The van der Waals surface area contributed by atoms with Crippen LogP contribution in [0.4, 0.5) is 0 Å². The van der Waals surface area contributed by atoms with Crippen LogP contribution >= 0.6 is 0 Å². The number of hydrogen-bond acceptors (Lipinski definition) is 0. The maximum absolute atomic E-state index is 2.18. The van der Waals surface area contributed by atoms with E-state index in [1.54, 1.807) is 0 Å². The van der Waals surface area contributed by atoms with Crippen LogP contribution in [0.2, 0.25) is 0 Å². The zero-order valence-electron chi connectivity index (χ0n) is 9.54. The van der Waals surface area contributed by atoms with Crippen molar-refractivity contribution in [1.82, 2.24) is 0 Å². The van der Waals surface area contributed by atoms with Gasteiger partial charge in [-0.15, -0.1) is 0 Å². The van der Waals surface area contributed by atoms with Gasteiger partial charge < -0.3 is 0 Å². The third-order valence-electron chi connectivity index (χ3n) is 0.854. The topological polar surface area (TPSA) is 0 Å².